The predicted octanol–water partition coefficient (Wildman–Crippen LogP) is 3.47. The van der Waals surface area contributed by atoms with E-state index in [9.17, 15) is 4.39 Å². The Kier molecular flexibility index (Phi) is 3.28. The summed E-state index contributed by atoms with van der Waals surface area (Å²) < 4.78 is 19.3. The Morgan fingerprint density at radius 2 is 1.82 bits per heavy atom. The number of hydrogen-bond donors (Lipinski definition) is 1. The van der Waals surface area contributed by atoms with E-state index < -0.39 is 0 Å². The molecule has 2 nitrogen and oxygen atoms in total. The summed E-state index contributed by atoms with van der Waals surface area (Å²) in [5.41, 5.74) is 7.58. The zero-order chi connectivity index (χ0) is 12.3. The number of anilines is 1. The molecule has 0 spiro atoms. The van der Waals surface area contributed by atoms with Crippen LogP contribution in [0.2, 0.25) is 0 Å². The van der Waals surface area contributed by atoms with E-state index in [0.29, 0.717) is 17.9 Å². The summed E-state index contributed by atoms with van der Waals surface area (Å²) in [7, 11) is 0. The predicted molar refractivity (Wildman–Crippen MR) is 67.4 cm³/mol. The molecule has 17 heavy (non-hydrogen) atoms. The first-order valence-corrected chi connectivity index (χ1v) is 5.49. The van der Waals surface area contributed by atoms with Gasteiger partial charge in [0.1, 0.15) is 0 Å². The van der Waals surface area contributed by atoms with E-state index in [0.717, 1.165) is 5.56 Å². The van der Waals surface area contributed by atoms with Gasteiger partial charge >= 0.3 is 0 Å². The second-order valence-electron chi connectivity index (χ2n) is 3.67. The highest BCUT2D eigenvalue weighted by Gasteiger charge is 2.10. The average Bonchev–Trinajstić information content (AvgIpc) is 2.34. The van der Waals surface area contributed by atoms with E-state index in [1.807, 2.05) is 6.92 Å². The molecule has 0 aliphatic heterocycles. The fraction of sp³-hybridized carbons (Fsp3) is 0.143. The quantitative estimate of drug-likeness (QED) is 0.821. The van der Waals surface area contributed by atoms with Crippen molar-refractivity contribution in [3.05, 3.63) is 48.3 Å². The smallest absolute Gasteiger partial charge is 0.172 e. The standard InChI is InChI=1S/C14H14FNO/c1-2-17-13-5-3-4-12(14(13)15)10-6-8-11(16)9-7-10/h3-9H,2,16H2,1H3. The first kappa shape index (κ1) is 11.5. The van der Waals surface area contributed by atoms with Gasteiger partial charge < -0.3 is 10.5 Å². The van der Waals surface area contributed by atoms with Crippen molar-refractivity contribution in [1.82, 2.24) is 0 Å². The molecule has 0 aromatic heterocycles. The lowest BCUT2D eigenvalue weighted by Gasteiger charge is -2.09. The third-order valence-corrected chi connectivity index (χ3v) is 2.48. The lowest BCUT2D eigenvalue weighted by Crippen LogP contribution is -1.96. The lowest BCUT2D eigenvalue weighted by atomic mass is 10.0. The largest absolute Gasteiger partial charge is 0.491 e. The summed E-state index contributed by atoms with van der Waals surface area (Å²) in [5.74, 6) is -0.0547. The average molecular weight is 231 g/mol. The van der Waals surface area contributed by atoms with Crippen LogP contribution in [0.1, 0.15) is 6.92 Å². The minimum Gasteiger partial charge on any atom is -0.491 e. The van der Waals surface area contributed by atoms with Crippen LogP contribution in [-0.4, -0.2) is 6.61 Å². The number of benzene rings is 2. The fourth-order valence-electron chi connectivity index (χ4n) is 1.66. The number of ether oxygens (including phenoxy) is 1. The van der Waals surface area contributed by atoms with Gasteiger partial charge in [0.2, 0.25) is 0 Å². The topological polar surface area (TPSA) is 35.2 Å². The van der Waals surface area contributed by atoms with Crippen molar-refractivity contribution in [2.24, 2.45) is 0 Å². The summed E-state index contributed by atoms with van der Waals surface area (Å²) in [4.78, 5) is 0. The number of hydrogen-bond acceptors (Lipinski definition) is 2. The fourth-order valence-corrected chi connectivity index (χ4v) is 1.66. The first-order valence-electron chi connectivity index (χ1n) is 5.49. The zero-order valence-electron chi connectivity index (χ0n) is 9.61. The Bertz CT molecular complexity index is 508. The van der Waals surface area contributed by atoms with Crippen LogP contribution in [0.3, 0.4) is 0 Å². The molecule has 0 saturated carbocycles. The van der Waals surface area contributed by atoms with Gasteiger partial charge in [0.25, 0.3) is 0 Å². The molecule has 88 valence electrons. The summed E-state index contributed by atoms with van der Waals surface area (Å²) >= 11 is 0. The normalized spacial score (nSPS) is 10.2. The van der Waals surface area contributed by atoms with Crippen molar-refractivity contribution in [3.8, 4) is 16.9 Å². The molecule has 2 N–H and O–H groups in total. The van der Waals surface area contributed by atoms with Crippen molar-refractivity contribution in [1.29, 1.82) is 0 Å². The molecule has 2 rings (SSSR count). The minimum atomic E-state index is -0.334. The van der Waals surface area contributed by atoms with Gasteiger partial charge in [-0.05, 0) is 30.7 Å². The van der Waals surface area contributed by atoms with Crippen molar-refractivity contribution >= 4 is 5.69 Å². The van der Waals surface area contributed by atoms with Crippen molar-refractivity contribution in [2.75, 3.05) is 12.3 Å². The van der Waals surface area contributed by atoms with E-state index >= 15 is 0 Å². The Morgan fingerprint density at radius 3 is 2.47 bits per heavy atom. The molecule has 0 heterocycles. The van der Waals surface area contributed by atoms with Gasteiger partial charge in [-0.2, -0.15) is 0 Å². The number of nitrogens with two attached hydrogens (primary N) is 1. The second kappa shape index (κ2) is 4.87. The van der Waals surface area contributed by atoms with Crippen LogP contribution >= 0.6 is 0 Å². The molecule has 2 aromatic rings. The summed E-state index contributed by atoms with van der Waals surface area (Å²) in [5, 5.41) is 0. The van der Waals surface area contributed by atoms with Crippen molar-refractivity contribution in [2.45, 2.75) is 6.92 Å². The van der Waals surface area contributed by atoms with Crippen molar-refractivity contribution in [3.63, 3.8) is 0 Å². The van der Waals surface area contributed by atoms with Crippen LogP contribution in [0, 0.1) is 5.82 Å². The van der Waals surface area contributed by atoms with Crippen LogP contribution in [0.15, 0.2) is 42.5 Å². The van der Waals surface area contributed by atoms with E-state index in [1.54, 1.807) is 42.5 Å². The van der Waals surface area contributed by atoms with Gasteiger partial charge in [-0.25, -0.2) is 4.39 Å². The van der Waals surface area contributed by atoms with Gasteiger partial charge in [0.05, 0.1) is 6.61 Å². The number of halogens is 1. The Hall–Kier alpha value is -2.03. The van der Waals surface area contributed by atoms with Gasteiger partial charge in [0.15, 0.2) is 11.6 Å². The molecule has 0 aliphatic rings. The maximum Gasteiger partial charge on any atom is 0.172 e. The van der Waals surface area contributed by atoms with Crippen molar-refractivity contribution < 1.29 is 9.13 Å². The molecule has 0 saturated heterocycles. The van der Waals surface area contributed by atoms with Gasteiger partial charge in [-0.15, -0.1) is 0 Å². The molecule has 0 aliphatic carbocycles. The molecular weight excluding hydrogens is 217 g/mol. The molecule has 3 heteroatoms. The Labute approximate surface area is 99.8 Å². The third kappa shape index (κ3) is 2.38. The Morgan fingerprint density at radius 1 is 1.12 bits per heavy atom. The molecule has 0 radical (unpaired) electrons. The molecule has 0 amide bonds. The van der Waals surface area contributed by atoms with Crippen LogP contribution in [0.25, 0.3) is 11.1 Å². The SMILES string of the molecule is CCOc1cccc(-c2ccc(N)cc2)c1F. The number of rotatable bonds is 3. The minimum absolute atomic E-state index is 0.279. The first-order chi connectivity index (χ1) is 8.22. The third-order valence-electron chi connectivity index (χ3n) is 2.48. The highest BCUT2D eigenvalue weighted by Crippen LogP contribution is 2.29. The molecule has 0 fully saturated rings. The van der Waals surface area contributed by atoms with Crippen LogP contribution < -0.4 is 10.5 Å². The van der Waals surface area contributed by atoms with Crippen LogP contribution in [0.5, 0.6) is 5.75 Å². The molecular formula is C14H14FNO. The maximum atomic E-state index is 14.1. The molecule has 2 aromatic carbocycles. The van der Waals surface area contributed by atoms with Crippen LogP contribution in [-0.2, 0) is 0 Å². The van der Waals surface area contributed by atoms with Crippen LogP contribution in [0.4, 0.5) is 10.1 Å². The zero-order valence-corrected chi connectivity index (χ0v) is 9.61. The number of nitrogen functional groups attached to an aromatic ring is 1. The summed E-state index contributed by atoms with van der Waals surface area (Å²) in [6.45, 7) is 2.28. The van der Waals surface area contributed by atoms with E-state index in [2.05, 4.69) is 0 Å². The van der Waals surface area contributed by atoms with Gasteiger partial charge in [0, 0.05) is 11.3 Å². The Balaban J connectivity index is 2.45. The van der Waals surface area contributed by atoms with E-state index in [-0.39, 0.29) is 11.6 Å². The second-order valence-corrected chi connectivity index (χ2v) is 3.67. The summed E-state index contributed by atoms with van der Waals surface area (Å²) in [6.07, 6.45) is 0. The van der Waals surface area contributed by atoms with E-state index in [1.165, 1.54) is 0 Å². The monoisotopic (exact) mass is 231 g/mol. The van der Waals surface area contributed by atoms with Gasteiger partial charge in [-0.1, -0.05) is 24.3 Å². The maximum absolute atomic E-state index is 14.1. The van der Waals surface area contributed by atoms with E-state index in [4.69, 9.17) is 10.5 Å². The molecule has 0 bridgehead atoms. The molecule has 0 unspecified atom stereocenters. The molecule has 0 atom stereocenters. The summed E-state index contributed by atoms with van der Waals surface area (Å²) in [6, 6.07) is 12.2. The highest BCUT2D eigenvalue weighted by molar-refractivity contribution is 5.67. The lowest BCUT2D eigenvalue weighted by molar-refractivity contribution is 0.322. The highest BCUT2D eigenvalue weighted by atomic mass is 19.1. The van der Waals surface area contributed by atoms with Gasteiger partial charge in [-0.3, -0.25) is 0 Å².